The number of aryl methyl sites for hydroxylation is 1. The van der Waals surface area contributed by atoms with Crippen LogP contribution in [-0.4, -0.2) is 9.78 Å². The van der Waals surface area contributed by atoms with E-state index in [0.717, 1.165) is 6.54 Å². The number of rotatable bonds is 3. The van der Waals surface area contributed by atoms with Crippen LogP contribution < -0.4 is 0 Å². The minimum Gasteiger partial charge on any atom is -0.270 e. The van der Waals surface area contributed by atoms with Crippen molar-refractivity contribution in [2.45, 2.75) is 66.3 Å². The van der Waals surface area contributed by atoms with Crippen molar-refractivity contribution in [1.29, 1.82) is 0 Å². The molecule has 0 aliphatic carbocycles. The molecule has 0 radical (unpaired) electrons. The van der Waals surface area contributed by atoms with Gasteiger partial charge in [-0.2, -0.15) is 5.10 Å². The summed E-state index contributed by atoms with van der Waals surface area (Å²) in [6, 6.07) is 6.92. The lowest BCUT2D eigenvalue weighted by Crippen LogP contribution is -2.13. The molecular weight excluding hydrogens is 256 g/mol. The largest absolute Gasteiger partial charge is 0.270 e. The van der Waals surface area contributed by atoms with Gasteiger partial charge in [-0.3, -0.25) is 4.68 Å². The zero-order valence-electron chi connectivity index (χ0n) is 14.5. The second-order valence-electron chi connectivity index (χ2n) is 7.17. The number of nitrogens with zero attached hydrogens (tertiary/aromatic N) is 2. The Morgan fingerprint density at radius 1 is 1.14 bits per heavy atom. The first-order chi connectivity index (χ1) is 9.75. The molecule has 21 heavy (non-hydrogen) atoms. The van der Waals surface area contributed by atoms with Gasteiger partial charge >= 0.3 is 0 Å². The van der Waals surface area contributed by atoms with Gasteiger partial charge in [0.25, 0.3) is 0 Å². The highest BCUT2D eigenvalue weighted by atomic mass is 15.3. The molecule has 0 aliphatic rings. The smallest absolute Gasteiger partial charge is 0.0571 e. The summed E-state index contributed by atoms with van der Waals surface area (Å²) in [5, 5.41) is 4.51. The van der Waals surface area contributed by atoms with Gasteiger partial charge in [-0.15, -0.1) is 0 Å². The van der Waals surface area contributed by atoms with Crippen LogP contribution in [0.1, 0.15) is 64.3 Å². The lowest BCUT2D eigenvalue weighted by molar-refractivity contribution is 0.590. The van der Waals surface area contributed by atoms with Crippen molar-refractivity contribution in [3.05, 3.63) is 41.2 Å². The van der Waals surface area contributed by atoms with Crippen molar-refractivity contribution in [1.82, 2.24) is 9.78 Å². The first kappa shape index (κ1) is 15.8. The molecular formula is C19H28N2. The molecule has 2 heteroatoms. The van der Waals surface area contributed by atoms with Crippen molar-refractivity contribution in [3.8, 4) is 11.1 Å². The van der Waals surface area contributed by atoms with Gasteiger partial charge in [-0.1, -0.05) is 52.8 Å². The number of hydrogen-bond acceptors (Lipinski definition) is 1. The van der Waals surface area contributed by atoms with Crippen LogP contribution in [0, 0.1) is 6.92 Å². The molecule has 0 N–H and O–H groups in total. The maximum atomic E-state index is 4.51. The third-order valence-corrected chi connectivity index (χ3v) is 4.21. The molecule has 114 valence electrons. The summed E-state index contributed by atoms with van der Waals surface area (Å²) in [4.78, 5) is 0. The maximum Gasteiger partial charge on any atom is 0.0571 e. The van der Waals surface area contributed by atoms with E-state index in [1.165, 1.54) is 27.9 Å². The van der Waals surface area contributed by atoms with Crippen molar-refractivity contribution in [3.63, 3.8) is 0 Å². The van der Waals surface area contributed by atoms with Gasteiger partial charge in [-0.05, 0) is 41.9 Å². The molecule has 2 rings (SSSR count). The summed E-state index contributed by atoms with van der Waals surface area (Å²) >= 11 is 0. The lowest BCUT2D eigenvalue weighted by Gasteiger charge is -2.24. The quantitative estimate of drug-likeness (QED) is 0.748. The van der Waals surface area contributed by atoms with Crippen LogP contribution >= 0.6 is 0 Å². The number of aromatic nitrogens is 2. The van der Waals surface area contributed by atoms with E-state index in [9.17, 15) is 0 Å². The zero-order chi connectivity index (χ0) is 15.8. The van der Waals surface area contributed by atoms with Crippen LogP contribution in [0.4, 0.5) is 0 Å². The lowest BCUT2D eigenvalue weighted by atomic mass is 9.80. The Morgan fingerprint density at radius 2 is 1.81 bits per heavy atom. The number of benzene rings is 1. The number of hydrogen-bond donors (Lipinski definition) is 0. The first-order valence-electron chi connectivity index (χ1n) is 7.93. The van der Waals surface area contributed by atoms with Gasteiger partial charge in [0.2, 0.25) is 0 Å². The van der Waals surface area contributed by atoms with Gasteiger partial charge in [0.1, 0.15) is 0 Å². The molecule has 0 aliphatic heterocycles. The van der Waals surface area contributed by atoms with Gasteiger partial charge in [0.15, 0.2) is 0 Å². The fraction of sp³-hybridized carbons (Fsp3) is 0.526. The highest BCUT2D eigenvalue weighted by Gasteiger charge is 2.21. The van der Waals surface area contributed by atoms with E-state index in [1.54, 1.807) is 0 Å². The maximum absolute atomic E-state index is 4.51. The highest BCUT2D eigenvalue weighted by Crippen LogP contribution is 2.36. The SMILES string of the molecule is CCn1ncc(-c2ccc(C(C)C)cc2C(C)(C)C)c1C. The molecule has 2 aromatic rings. The van der Waals surface area contributed by atoms with Crippen molar-refractivity contribution >= 4 is 0 Å². The van der Waals surface area contributed by atoms with Gasteiger partial charge in [-0.25, -0.2) is 0 Å². The van der Waals surface area contributed by atoms with E-state index in [4.69, 9.17) is 0 Å². The minimum absolute atomic E-state index is 0.126. The summed E-state index contributed by atoms with van der Waals surface area (Å²) in [5.41, 5.74) is 6.78. The second-order valence-corrected chi connectivity index (χ2v) is 7.17. The highest BCUT2D eigenvalue weighted by molar-refractivity contribution is 5.71. The molecule has 0 saturated heterocycles. The van der Waals surface area contributed by atoms with Crippen molar-refractivity contribution < 1.29 is 0 Å². The Labute approximate surface area is 129 Å². The zero-order valence-corrected chi connectivity index (χ0v) is 14.5. The van der Waals surface area contributed by atoms with E-state index in [0.29, 0.717) is 5.92 Å². The van der Waals surface area contributed by atoms with Gasteiger partial charge < -0.3 is 0 Å². The molecule has 0 atom stereocenters. The fourth-order valence-electron chi connectivity index (χ4n) is 2.81. The van der Waals surface area contributed by atoms with Crippen LogP contribution in [-0.2, 0) is 12.0 Å². The monoisotopic (exact) mass is 284 g/mol. The standard InChI is InChI=1S/C19H28N2/c1-8-21-14(4)17(12-20-21)16-10-9-15(13(2)3)11-18(16)19(5,6)7/h9-13H,8H2,1-7H3. The van der Waals surface area contributed by atoms with Crippen LogP contribution in [0.2, 0.25) is 0 Å². The van der Waals surface area contributed by atoms with Crippen LogP contribution in [0.5, 0.6) is 0 Å². The summed E-state index contributed by atoms with van der Waals surface area (Å²) in [6.07, 6.45) is 2.01. The average Bonchev–Trinajstić information content (AvgIpc) is 2.78. The molecule has 0 amide bonds. The van der Waals surface area contributed by atoms with Crippen LogP contribution in [0.25, 0.3) is 11.1 Å². The predicted molar refractivity (Wildman–Crippen MR) is 90.9 cm³/mol. The van der Waals surface area contributed by atoms with Crippen molar-refractivity contribution in [2.75, 3.05) is 0 Å². The topological polar surface area (TPSA) is 17.8 Å². The Morgan fingerprint density at radius 3 is 2.29 bits per heavy atom. The average molecular weight is 284 g/mol. The van der Waals surface area contributed by atoms with Gasteiger partial charge in [0.05, 0.1) is 6.20 Å². The Hall–Kier alpha value is -1.57. The fourth-order valence-corrected chi connectivity index (χ4v) is 2.81. The molecule has 0 bridgehead atoms. The second kappa shape index (κ2) is 5.67. The van der Waals surface area contributed by atoms with E-state index in [-0.39, 0.29) is 5.41 Å². The summed E-state index contributed by atoms with van der Waals surface area (Å²) < 4.78 is 2.07. The predicted octanol–water partition coefficient (Wildman–Crippen LogP) is 5.30. The summed E-state index contributed by atoms with van der Waals surface area (Å²) in [6.45, 7) is 16.6. The van der Waals surface area contributed by atoms with E-state index < -0.39 is 0 Å². The minimum atomic E-state index is 0.126. The Balaban J connectivity index is 2.65. The third-order valence-electron chi connectivity index (χ3n) is 4.21. The normalized spacial score (nSPS) is 12.2. The molecule has 1 aromatic heterocycles. The first-order valence-corrected chi connectivity index (χ1v) is 7.93. The summed E-state index contributed by atoms with van der Waals surface area (Å²) in [5.74, 6) is 0.555. The molecule has 0 unspecified atom stereocenters. The van der Waals surface area contributed by atoms with E-state index in [1.807, 2.05) is 6.20 Å². The van der Waals surface area contributed by atoms with Crippen LogP contribution in [0.15, 0.2) is 24.4 Å². The molecule has 0 spiro atoms. The van der Waals surface area contributed by atoms with Gasteiger partial charge in [0, 0.05) is 17.8 Å². The van der Waals surface area contributed by atoms with Crippen LogP contribution in [0.3, 0.4) is 0 Å². The van der Waals surface area contributed by atoms with E-state index in [2.05, 4.69) is 76.4 Å². The van der Waals surface area contributed by atoms with E-state index >= 15 is 0 Å². The molecule has 1 aromatic carbocycles. The van der Waals surface area contributed by atoms with Crippen molar-refractivity contribution in [2.24, 2.45) is 0 Å². The Bertz CT molecular complexity index is 628. The molecule has 1 heterocycles. The molecule has 2 nitrogen and oxygen atoms in total. The molecule has 0 fully saturated rings. The summed E-state index contributed by atoms with van der Waals surface area (Å²) in [7, 11) is 0. The molecule has 0 saturated carbocycles. The third kappa shape index (κ3) is 3.04. The Kier molecular flexibility index (Phi) is 4.27.